The molecule has 1 N–H and O–H groups in total. The van der Waals surface area contributed by atoms with Gasteiger partial charge in [0.05, 0.1) is 0 Å². The average molecular weight is 557 g/mol. The van der Waals surface area contributed by atoms with E-state index in [9.17, 15) is 4.79 Å². The van der Waals surface area contributed by atoms with Crippen LogP contribution in [-0.2, 0) is 22.7 Å². The second-order valence-corrected chi connectivity index (χ2v) is 10.4. The first-order valence-corrected chi connectivity index (χ1v) is 14.1. The lowest BCUT2D eigenvalue weighted by atomic mass is 9.85. The topological polar surface area (TPSA) is 71.5 Å². The molecule has 4 rings (SSSR count). The summed E-state index contributed by atoms with van der Waals surface area (Å²) in [5, 5.41) is 9.17. The Kier molecular flexibility index (Phi) is 11.1. The summed E-state index contributed by atoms with van der Waals surface area (Å²) in [6, 6.07) is 24.7. The van der Waals surface area contributed by atoms with Crippen LogP contribution in [0.25, 0.3) is 0 Å². The second kappa shape index (κ2) is 15.1. The fourth-order valence-electron chi connectivity index (χ4n) is 5.08. The summed E-state index contributed by atoms with van der Waals surface area (Å²) in [5.74, 6) is 6.70. The molecule has 0 radical (unpaired) electrons. The van der Waals surface area contributed by atoms with E-state index in [2.05, 4.69) is 58.0 Å². The molecule has 216 valence electrons. The number of nitrogens with zero attached hydrogens (tertiary/aromatic N) is 2. The Labute approximate surface area is 243 Å². The lowest BCUT2D eigenvalue weighted by Crippen LogP contribution is -2.45. The lowest BCUT2D eigenvalue weighted by molar-refractivity contribution is -0.138. The summed E-state index contributed by atoms with van der Waals surface area (Å²) in [6.45, 7) is 9.41. The van der Waals surface area contributed by atoms with Crippen LogP contribution in [0, 0.1) is 17.8 Å². The third-order valence-electron chi connectivity index (χ3n) is 7.36. The van der Waals surface area contributed by atoms with Crippen molar-refractivity contribution >= 4 is 11.7 Å². The molecule has 2 atom stereocenters. The molecule has 1 heterocycles. The third-order valence-corrected chi connectivity index (χ3v) is 7.36. The summed E-state index contributed by atoms with van der Waals surface area (Å²) in [4.78, 5) is 16.1. The molecule has 1 unspecified atom stereocenters. The van der Waals surface area contributed by atoms with Gasteiger partial charge in [-0.25, -0.2) is 0 Å². The molecule has 0 aliphatic carbocycles. The molecule has 0 saturated carbocycles. The van der Waals surface area contributed by atoms with Crippen LogP contribution in [0.5, 0.6) is 11.5 Å². The first-order valence-electron chi connectivity index (χ1n) is 14.1. The van der Waals surface area contributed by atoms with Gasteiger partial charge in [-0.2, -0.15) is 0 Å². The lowest BCUT2D eigenvalue weighted by Gasteiger charge is -2.36. The van der Waals surface area contributed by atoms with Crippen molar-refractivity contribution in [1.29, 1.82) is 0 Å². The number of ether oxygens (including phenoxy) is 3. The highest BCUT2D eigenvalue weighted by Gasteiger charge is 2.20. The van der Waals surface area contributed by atoms with Gasteiger partial charge in [0.25, 0.3) is 0 Å². The van der Waals surface area contributed by atoms with E-state index in [0.29, 0.717) is 6.61 Å². The van der Waals surface area contributed by atoms with Gasteiger partial charge in [-0.05, 0) is 65.9 Å². The van der Waals surface area contributed by atoms with Crippen LogP contribution in [0.3, 0.4) is 0 Å². The zero-order valence-electron chi connectivity index (χ0n) is 24.2. The van der Waals surface area contributed by atoms with Crippen LogP contribution in [0.2, 0.25) is 0 Å². The third kappa shape index (κ3) is 9.01. The van der Waals surface area contributed by atoms with Gasteiger partial charge in [0, 0.05) is 57.9 Å². The fraction of sp³-hybridized carbons (Fsp3) is 0.382. The van der Waals surface area contributed by atoms with E-state index in [1.165, 1.54) is 11.3 Å². The quantitative estimate of drug-likeness (QED) is 0.211. The van der Waals surface area contributed by atoms with Gasteiger partial charge >= 0.3 is 5.97 Å². The number of methoxy groups -OCH3 is 1. The van der Waals surface area contributed by atoms with Gasteiger partial charge in [-0.15, -0.1) is 5.92 Å². The molecule has 3 aromatic rings. The van der Waals surface area contributed by atoms with Crippen LogP contribution >= 0.6 is 0 Å². The summed E-state index contributed by atoms with van der Waals surface area (Å²) in [5.41, 5.74) is 4.64. The molecule has 7 nitrogen and oxygen atoms in total. The van der Waals surface area contributed by atoms with E-state index in [4.69, 9.17) is 19.3 Å². The van der Waals surface area contributed by atoms with Crippen LogP contribution in [0.15, 0.2) is 72.8 Å². The standard InChI is InChI=1S/C34H40N2O5/c1-4-5-33(26(2)22-34(37)38)29-10-14-31(15-11-29)40-24-28-8-6-27(7-9-28)23-35-18-20-36(21-19-35)30-12-16-32(17-13-30)41-25-39-3/h6-17,26,33H,18-25H2,1-3H3,(H,37,38)/t26?,33-/m0/s1. The normalized spacial score (nSPS) is 15.0. The zero-order chi connectivity index (χ0) is 29.0. The van der Waals surface area contributed by atoms with Crippen molar-refractivity contribution in [3.05, 3.63) is 89.5 Å². The second-order valence-electron chi connectivity index (χ2n) is 10.4. The maximum Gasteiger partial charge on any atom is 0.303 e. The maximum absolute atomic E-state index is 11.2. The molecule has 41 heavy (non-hydrogen) atoms. The Morgan fingerprint density at radius 2 is 1.49 bits per heavy atom. The molecule has 1 fully saturated rings. The van der Waals surface area contributed by atoms with Crippen molar-refractivity contribution < 1.29 is 24.1 Å². The highest BCUT2D eigenvalue weighted by molar-refractivity contribution is 5.67. The Morgan fingerprint density at radius 1 is 0.878 bits per heavy atom. The van der Waals surface area contributed by atoms with Gasteiger partial charge < -0.3 is 24.2 Å². The number of hydrogen-bond acceptors (Lipinski definition) is 6. The maximum atomic E-state index is 11.2. The summed E-state index contributed by atoms with van der Waals surface area (Å²) in [7, 11) is 1.62. The van der Waals surface area contributed by atoms with Crippen molar-refractivity contribution in [3.8, 4) is 23.3 Å². The Bertz CT molecular complexity index is 1290. The van der Waals surface area contributed by atoms with Crippen LogP contribution < -0.4 is 14.4 Å². The van der Waals surface area contributed by atoms with Gasteiger partial charge in [0.1, 0.15) is 18.1 Å². The number of carbonyl (C=O) groups is 1. The SMILES string of the molecule is CC#C[C@H](c1ccc(OCc2ccc(CN3CCN(c4ccc(OCOC)cc4)CC3)cc2)cc1)C(C)CC(=O)O. The molecule has 0 amide bonds. The number of rotatable bonds is 13. The van der Waals surface area contributed by atoms with Crippen molar-refractivity contribution in [3.63, 3.8) is 0 Å². The number of piperazine rings is 1. The van der Waals surface area contributed by atoms with Crippen LogP contribution in [0.1, 0.15) is 42.9 Å². The predicted molar refractivity (Wildman–Crippen MR) is 161 cm³/mol. The van der Waals surface area contributed by atoms with Gasteiger partial charge in [0.2, 0.25) is 0 Å². The van der Waals surface area contributed by atoms with Crippen molar-refractivity contribution in [2.24, 2.45) is 5.92 Å². The number of aliphatic carboxylic acids is 1. The van der Waals surface area contributed by atoms with Gasteiger partial charge in [0.15, 0.2) is 6.79 Å². The first kappa shape index (κ1) is 30.0. The number of carboxylic acids is 1. The molecule has 1 aliphatic heterocycles. The minimum absolute atomic E-state index is 0.0756. The van der Waals surface area contributed by atoms with E-state index in [0.717, 1.165) is 55.3 Å². The van der Waals surface area contributed by atoms with Gasteiger partial charge in [-0.3, -0.25) is 9.69 Å². The average Bonchev–Trinajstić information content (AvgIpc) is 2.99. The van der Waals surface area contributed by atoms with E-state index in [1.54, 1.807) is 14.0 Å². The monoisotopic (exact) mass is 556 g/mol. The number of carboxylic acid groups (broad SMARTS) is 1. The molecular weight excluding hydrogens is 516 g/mol. The van der Waals surface area contributed by atoms with E-state index >= 15 is 0 Å². The van der Waals surface area contributed by atoms with Crippen LogP contribution in [-0.4, -0.2) is 56.1 Å². The number of anilines is 1. The molecule has 0 spiro atoms. The largest absolute Gasteiger partial charge is 0.489 e. The molecular formula is C34H40N2O5. The van der Waals surface area contributed by atoms with Gasteiger partial charge in [-0.1, -0.05) is 49.2 Å². The Balaban J connectivity index is 1.22. The molecule has 3 aromatic carbocycles. The minimum Gasteiger partial charge on any atom is -0.489 e. The van der Waals surface area contributed by atoms with E-state index in [1.807, 2.05) is 43.3 Å². The van der Waals surface area contributed by atoms with E-state index < -0.39 is 5.97 Å². The molecule has 1 saturated heterocycles. The molecule has 1 aliphatic rings. The zero-order valence-corrected chi connectivity index (χ0v) is 24.2. The molecule has 0 aromatic heterocycles. The molecule has 0 bridgehead atoms. The van der Waals surface area contributed by atoms with Crippen molar-refractivity contribution in [1.82, 2.24) is 4.90 Å². The smallest absolute Gasteiger partial charge is 0.303 e. The number of hydrogen-bond donors (Lipinski definition) is 1. The summed E-state index contributed by atoms with van der Waals surface area (Å²) < 4.78 is 16.5. The van der Waals surface area contributed by atoms with Crippen molar-refractivity contribution in [2.45, 2.75) is 39.3 Å². The Morgan fingerprint density at radius 3 is 2.10 bits per heavy atom. The highest BCUT2D eigenvalue weighted by Crippen LogP contribution is 2.28. The summed E-state index contributed by atoms with van der Waals surface area (Å²) >= 11 is 0. The highest BCUT2D eigenvalue weighted by atomic mass is 16.7. The van der Waals surface area contributed by atoms with Crippen LogP contribution in [0.4, 0.5) is 5.69 Å². The van der Waals surface area contributed by atoms with E-state index in [-0.39, 0.29) is 25.0 Å². The number of benzene rings is 3. The Hall–Kier alpha value is -3.99. The minimum atomic E-state index is -0.805. The molecule has 7 heteroatoms. The first-order chi connectivity index (χ1) is 19.9. The summed E-state index contributed by atoms with van der Waals surface area (Å²) in [6.07, 6.45) is 0.0877. The van der Waals surface area contributed by atoms with Crippen molar-refractivity contribution in [2.75, 3.05) is 45.0 Å². The predicted octanol–water partition coefficient (Wildman–Crippen LogP) is 5.79. The fourth-order valence-corrected chi connectivity index (χ4v) is 5.08.